The van der Waals surface area contributed by atoms with Gasteiger partial charge >= 0.3 is 5.63 Å². The highest BCUT2D eigenvalue weighted by Crippen LogP contribution is 2.51. The molecule has 1 aliphatic heterocycles. The monoisotopic (exact) mass is 304 g/mol. The van der Waals surface area contributed by atoms with Crippen molar-refractivity contribution in [3.8, 4) is 28.7 Å². The summed E-state index contributed by atoms with van der Waals surface area (Å²) in [6.45, 7) is 0. The Morgan fingerprint density at radius 3 is 2.36 bits per heavy atom. The van der Waals surface area contributed by atoms with Gasteiger partial charge in [0.2, 0.25) is 17.8 Å². The first-order valence-corrected chi connectivity index (χ1v) is 6.15. The van der Waals surface area contributed by atoms with E-state index in [9.17, 15) is 30.3 Å². The summed E-state index contributed by atoms with van der Waals surface area (Å²) < 4.78 is 10.1. The number of aliphatic hydroxyl groups excluding tert-OH is 1. The number of hydrogen-bond donors (Lipinski definition) is 5. The zero-order valence-electron chi connectivity index (χ0n) is 10.7. The van der Waals surface area contributed by atoms with E-state index in [-0.39, 0.29) is 33.1 Å². The fourth-order valence-electron chi connectivity index (χ4n) is 2.69. The summed E-state index contributed by atoms with van der Waals surface area (Å²) in [7, 11) is 0. The third kappa shape index (κ3) is 1.31. The van der Waals surface area contributed by atoms with Crippen LogP contribution < -0.4 is 10.4 Å². The minimum absolute atomic E-state index is 0.0524. The van der Waals surface area contributed by atoms with E-state index in [1.807, 2.05) is 0 Å². The first kappa shape index (κ1) is 12.6. The normalized spacial score (nSPS) is 16.3. The van der Waals surface area contributed by atoms with Crippen LogP contribution in [0.15, 0.2) is 21.3 Å². The molecule has 112 valence electrons. The van der Waals surface area contributed by atoms with E-state index in [4.69, 9.17) is 9.15 Å². The lowest BCUT2D eigenvalue weighted by Crippen LogP contribution is -2.14. The molecule has 2 heterocycles. The van der Waals surface area contributed by atoms with Crippen LogP contribution in [0.1, 0.15) is 11.9 Å². The molecule has 3 aromatic rings. The average Bonchev–Trinajstić information content (AvgIpc) is 2.47. The van der Waals surface area contributed by atoms with E-state index in [0.717, 1.165) is 12.1 Å². The predicted molar refractivity (Wildman–Crippen MR) is 72.2 cm³/mol. The molecule has 0 bridgehead atoms. The number of aliphatic hydroxyl groups is 1. The molecule has 1 aromatic heterocycles. The molecule has 22 heavy (non-hydrogen) atoms. The Morgan fingerprint density at radius 1 is 0.955 bits per heavy atom. The van der Waals surface area contributed by atoms with Crippen LogP contribution in [0.25, 0.3) is 21.7 Å². The second kappa shape index (κ2) is 3.74. The third-order valence-corrected chi connectivity index (χ3v) is 3.66. The smallest absolute Gasteiger partial charge is 0.344 e. The number of aromatic hydroxyl groups is 4. The van der Waals surface area contributed by atoms with Crippen LogP contribution in [0.3, 0.4) is 0 Å². The van der Waals surface area contributed by atoms with Gasteiger partial charge in [0, 0.05) is 16.3 Å². The lowest BCUT2D eigenvalue weighted by molar-refractivity contribution is -0.0207. The Hall–Kier alpha value is -3.13. The molecule has 5 N–H and O–H groups in total. The van der Waals surface area contributed by atoms with Gasteiger partial charge in [0.05, 0.1) is 5.39 Å². The maximum atomic E-state index is 12.0. The van der Waals surface area contributed by atoms with Crippen LogP contribution in [-0.2, 0) is 0 Å². The molecule has 4 rings (SSSR count). The van der Waals surface area contributed by atoms with Crippen LogP contribution in [0.2, 0.25) is 0 Å². The number of benzene rings is 2. The molecular weight excluding hydrogens is 296 g/mol. The van der Waals surface area contributed by atoms with Crippen molar-refractivity contribution < 1.29 is 34.7 Å². The molecule has 0 amide bonds. The fraction of sp³-hybridized carbons (Fsp3) is 0.0714. The van der Waals surface area contributed by atoms with Crippen LogP contribution >= 0.6 is 0 Å². The highest BCUT2D eigenvalue weighted by atomic mass is 16.6. The molecular formula is C14H8O8. The molecule has 0 radical (unpaired) electrons. The van der Waals surface area contributed by atoms with Crippen LogP contribution in [-0.4, -0.2) is 25.5 Å². The first-order valence-electron chi connectivity index (χ1n) is 6.15. The maximum Gasteiger partial charge on any atom is 0.344 e. The van der Waals surface area contributed by atoms with Crippen molar-refractivity contribution in [3.63, 3.8) is 0 Å². The largest absolute Gasteiger partial charge is 0.504 e. The molecule has 2 aromatic carbocycles. The zero-order valence-corrected chi connectivity index (χ0v) is 10.7. The van der Waals surface area contributed by atoms with Crippen LogP contribution in [0.5, 0.6) is 28.7 Å². The average molecular weight is 304 g/mol. The second-order valence-electron chi connectivity index (χ2n) is 4.89. The summed E-state index contributed by atoms with van der Waals surface area (Å²) in [6, 6.07) is 2.06. The van der Waals surface area contributed by atoms with Gasteiger partial charge in [0.1, 0.15) is 0 Å². The van der Waals surface area contributed by atoms with Crippen molar-refractivity contribution in [1.82, 2.24) is 0 Å². The summed E-state index contributed by atoms with van der Waals surface area (Å²) in [4.78, 5) is 12.0. The summed E-state index contributed by atoms with van der Waals surface area (Å²) in [6.07, 6.45) is -1.59. The SMILES string of the molecule is O=c1oc2c(O)c(O)cc3c2c2c(c(O)c(O)cc12)O[C@@H]3O. The van der Waals surface area contributed by atoms with Gasteiger partial charge < -0.3 is 34.7 Å². The summed E-state index contributed by atoms with van der Waals surface area (Å²) in [5.41, 5.74) is -1.20. The standard InChI is InChI=1S/C14H8O8/c15-5-1-3-7-8-4(14(20)22-11(7)9(5)17)2-6(16)10(18)12(8)21-13(3)19/h1-2,13,15-19H/t13-/m0/s1. The van der Waals surface area contributed by atoms with Crippen molar-refractivity contribution in [2.24, 2.45) is 0 Å². The lowest BCUT2D eigenvalue weighted by Gasteiger charge is -2.24. The van der Waals surface area contributed by atoms with Crippen LogP contribution in [0.4, 0.5) is 0 Å². The minimum atomic E-state index is -1.59. The van der Waals surface area contributed by atoms with Crippen molar-refractivity contribution in [2.45, 2.75) is 6.29 Å². The molecule has 0 aliphatic carbocycles. The van der Waals surface area contributed by atoms with Crippen molar-refractivity contribution in [2.75, 3.05) is 0 Å². The summed E-state index contributed by atoms with van der Waals surface area (Å²) in [5.74, 6) is -2.85. The quantitative estimate of drug-likeness (QED) is 0.237. The Labute approximate surface area is 120 Å². The zero-order chi connectivity index (χ0) is 15.8. The lowest BCUT2D eigenvalue weighted by atomic mass is 9.97. The highest BCUT2D eigenvalue weighted by Gasteiger charge is 2.31. The van der Waals surface area contributed by atoms with Gasteiger partial charge in [-0.05, 0) is 12.1 Å². The second-order valence-corrected chi connectivity index (χ2v) is 4.89. The first-order chi connectivity index (χ1) is 10.4. The molecule has 8 nitrogen and oxygen atoms in total. The fourth-order valence-corrected chi connectivity index (χ4v) is 2.69. The van der Waals surface area contributed by atoms with Gasteiger partial charge in [-0.1, -0.05) is 0 Å². The number of phenolic OH excluding ortho intramolecular Hbond substituents is 4. The number of hydrogen-bond acceptors (Lipinski definition) is 8. The van der Waals surface area contributed by atoms with E-state index in [0.29, 0.717) is 0 Å². The van der Waals surface area contributed by atoms with E-state index in [1.165, 1.54) is 0 Å². The number of phenols is 4. The Kier molecular flexibility index (Phi) is 2.14. The van der Waals surface area contributed by atoms with Crippen molar-refractivity contribution in [3.05, 3.63) is 28.1 Å². The molecule has 0 unspecified atom stereocenters. The van der Waals surface area contributed by atoms with Crippen molar-refractivity contribution >= 4 is 21.7 Å². The molecule has 0 spiro atoms. The molecule has 1 atom stereocenters. The van der Waals surface area contributed by atoms with Gasteiger partial charge in [-0.15, -0.1) is 0 Å². The number of rotatable bonds is 0. The predicted octanol–water partition coefficient (Wildman–Crippen LogP) is 1.15. The Balaban J connectivity index is 2.42. The van der Waals surface area contributed by atoms with Gasteiger partial charge in [-0.3, -0.25) is 0 Å². The van der Waals surface area contributed by atoms with E-state index in [1.54, 1.807) is 0 Å². The maximum absolute atomic E-state index is 12.0. The van der Waals surface area contributed by atoms with Crippen molar-refractivity contribution in [1.29, 1.82) is 0 Å². The topological polar surface area (TPSA) is 141 Å². The Bertz CT molecular complexity index is 1030. The van der Waals surface area contributed by atoms with E-state index < -0.39 is 34.9 Å². The molecule has 1 aliphatic rings. The summed E-state index contributed by atoms with van der Waals surface area (Å²) >= 11 is 0. The van der Waals surface area contributed by atoms with Gasteiger partial charge in [-0.25, -0.2) is 4.79 Å². The molecule has 0 saturated heterocycles. The molecule has 0 saturated carbocycles. The van der Waals surface area contributed by atoms with Gasteiger partial charge in [-0.2, -0.15) is 0 Å². The van der Waals surface area contributed by atoms with Gasteiger partial charge in [0.15, 0.2) is 22.8 Å². The Morgan fingerprint density at radius 2 is 1.64 bits per heavy atom. The number of ether oxygens (including phenoxy) is 1. The van der Waals surface area contributed by atoms with Gasteiger partial charge in [0.25, 0.3) is 0 Å². The third-order valence-electron chi connectivity index (χ3n) is 3.66. The van der Waals surface area contributed by atoms with Crippen LogP contribution in [0, 0.1) is 0 Å². The highest BCUT2D eigenvalue weighted by molar-refractivity contribution is 6.13. The molecule has 8 heteroatoms. The summed E-state index contributed by atoms with van der Waals surface area (Å²) in [5, 5.41) is 49.1. The minimum Gasteiger partial charge on any atom is -0.504 e. The molecule has 0 fully saturated rings. The van der Waals surface area contributed by atoms with E-state index >= 15 is 0 Å². The van der Waals surface area contributed by atoms with E-state index in [2.05, 4.69) is 0 Å².